The van der Waals surface area contributed by atoms with Gasteiger partial charge in [-0.25, -0.2) is 4.79 Å². The second-order valence-electron chi connectivity index (χ2n) is 9.02. The van der Waals surface area contributed by atoms with Crippen molar-refractivity contribution in [2.45, 2.75) is 45.2 Å². The lowest BCUT2D eigenvalue weighted by molar-refractivity contribution is -0.137. The minimum Gasteiger partial charge on any atom is -0.464 e. The molecule has 1 aromatic carbocycles. The van der Waals surface area contributed by atoms with Crippen LogP contribution in [0.25, 0.3) is 0 Å². The molecule has 174 valence electrons. The molecule has 0 radical (unpaired) electrons. The molecule has 0 saturated carbocycles. The highest BCUT2D eigenvalue weighted by atomic mass is 16.5. The lowest BCUT2D eigenvalue weighted by Gasteiger charge is -2.37. The zero-order valence-corrected chi connectivity index (χ0v) is 19.2. The molecule has 0 bridgehead atoms. The number of imide groups is 1. The number of amides is 3. The van der Waals surface area contributed by atoms with Gasteiger partial charge in [0.15, 0.2) is 0 Å². The van der Waals surface area contributed by atoms with Gasteiger partial charge in [-0.2, -0.15) is 0 Å². The molecule has 0 N–H and O–H groups in total. The lowest BCUT2D eigenvalue weighted by Crippen LogP contribution is -2.53. The van der Waals surface area contributed by atoms with Crippen LogP contribution in [-0.4, -0.2) is 64.3 Å². The topological polar surface area (TPSA) is 88.9 Å². The first kappa shape index (κ1) is 22.8. The Balaban J connectivity index is 1.50. The molecule has 0 aliphatic carbocycles. The van der Waals surface area contributed by atoms with E-state index in [4.69, 9.17) is 4.74 Å². The fraction of sp³-hybridized carbons (Fsp3) is 0.440. The molecule has 1 atom stereocenters. The average Bonchev–Trinajstić information content (AvgIpc) is 3.40. The highest BCUT2D eigenvalue weighted by Gasteiger charge is 2.44. The molecular weight excluding hydrogens is 422 g/mol. The molecular formula is C25H29N3O5. The molecule has 1 saturated heterocycles. The summed E-state index contributed by atoms with van der Waals surface area (Å²) in [5.41, 5.74) is 1.20. The van der Waals surface area contributed by atoms with Crippen LogP contribution in [0.2, 0.25) is 0 Å². The van der Waals surface area contributed by atoms with Crippen LogP contribution in [0, 0.1) is 5.92 Å². The Bertz CT molecular complexity index is 1050. The van der Waals surface area contributed by atoms with Gasteiger partial charge in [0, 0.05) is 25.3 Å². The molecule has 8 heteroatoms. The van der Waals surface area contributed by atoms with E-state index in [9.17, 15) is 19.2 Å². The molecule has 1 unspecified atom stereocenters. The molecule has 8 nitrogen and oxygen atoms in total. The van der Waals surface area contributed by atoms with Crippen LogP contribution in [0.5, 0.6) is 0 Å². The number of nitrogens with zero attached hydrogens (tertiary/aromatic N) is 3. The number of piperidine rings is 1. The molecule has 2 aliphatic rings. The van der Waals surface area contributed by atoms with Gasteiger partial charge in [-0.15, -0.1) is 0 Å². The maximum atomic E-state index is 13.6. The molecule has 2 aliphatic heterocycles. The predicted octanol–water partition coefficient (Wildman–Crippen LogP) is 3.15. The van der Waals surface area contributed by atoms with Crippen molar-refractivity contribution < 1.29 is 23.9 Å². The first-order valence-electron chi connectivity index (χ1n) is 11.3. The third kappa shape index (κ3) is 4.17. The first-order valence-corrected chi connectivity index (χ1v) is 11.3. The van der Waals surface area contributed by atoms with Gasteiger partial charge in [0.05, 0.1) is 18.2 Å². The van der Waals surface area contributed by atoms with Gasteiger partial charge in [-0.3, -0.25) is 19.3 Å². The molecule has 4 rings (SSSR count). The number of hydrogen-bond donors (Lipinski definition) is 0. The van der Waals surface area contributed by atoms with Crippen LogP contribution in [0.1, 0.15) is 70.4 Å². The predicted molar refractivity (Wildman–Crippen MR) is 121 cm³/mol. The van der Waals surface area contributed by atoms with Crippen molar-refractivity contribution in [3.8, 4) is 0 Å². The molecule has 1 fully saturated rings. The number of aromatic nitrogens is 1. The van der Waals surface area contributed by atoms with E-state index in [1.165, 1.54) is 7.11 Å². The number of esters is 1. The number of ether oxygens (including phenoxy) is 1. The summed E-state index contributed by atoms with van der Waals surface area (Å²) in [7, 11) is 1.36. The smallest absolute Gasteiger partial charge is 0.354 e. The molecule has 1 aromatic heterocycles. The second kappa shape index (κ2) is 9.21. The number of carbonyl (C=O) groups excluding carboxylic acids is 4. The number of carbonyl (C=O) groups is 4. The highest BCUT2D eigenvalue weighted by molar-refractivity contribution is 6.22. The molecule has 33 heavy (non-hydrogen) atoms. The van der Waals surface area contributed by atoms with Gasteiger partial charge in [-0.05, 0) is 49.4 Å². The zero-order valence-electron chi connectivity index (χ0n) is 19.2. The zero-order chi connectivity index (χ0) is 23.7. The number of likely N-dealkylation sites (tertiary alicyclic amines) is 1. The minimum absolute atomic E-state index is 0.0704. The van der Waals surface area contributed by atoms with Crippen LogP contribution in [0.3, 0.4) is 0 Å². The van der Waals surface area contributed by atoms with Crippen LogP contribution < -0.4 is 0 Å². The highest BCUT2D eigenvalue weighted by Crippen LogP contribution is 2.30. The fourth-order valence-corrected chi connectivity index (χ4v) is 4.82. The molecule has 3 heterocycles. The van der Waals surface area contributed by atoms with Crippen molar-refractivity contribution in [2.24, 2.45) is 5.92 Å². The number of fused-ring (bicyclic) bond motifs is 1. The van der Waals surface area contributed by atoms with Crippen molar-refractivity contribution in [1.29, 1.82) is 0 Å². The third-order valence-corrected chi connectivity index (χ3v) is 6.46. The van der Waals surface area contributed by atoms with Gasteiger partial charge < -0.3 is 14.2 Å². The van der Waals surface area contributed by atoms with E-state index in [2.05, 4.69) is 0 Å². The Morgan fingerprint density at radius 3 is 2.15 bits per heavy atom. The summed E-state index contributed by atoms with van der Waals surface area (Å²) >= 11 is 0. The van der Waals surface area contributed by atoms with E-state index < -0.39 is 17.9 Å². The molecule has 0 spiro atoms. The van der Waals surface area contributed by atoms with E-state index in [-0.39, 0.29) is 23.8 Å². The van der Waals surface area contributed by atoms with Gasteiger partial charge in [0.1, 0.15) is 11.7 Å². The Hall–Kier alpha value is -3.42. The summed E-state index contributed by atoms with van der Waals surface area (Å²) in [4.78, 5) is 54.6. The largest absolute Gasteiger partial charge is 0.464 e. The Morgan fingerprint density at radius 2 is 1.61 bits per heavy atom. The normalized spacial score (nSPS) is 17.5. The first-order chi connectivity index (χ1) is 15.8. The Labute approximate surface area is 193 Å². The van der Waals surface area contributed by atoms with Gasteiger partial charge in [0.25, 0.3) is 11.8 Å². The van der Waals surface area contributed by atoms with Gasteiger partial charge >= 0.3 is 5.97 Å². The summed E-state index contributed by atoms with van der Waals surface area (Å²) in [6.45, 7) is 4.93. The van der Waals surface area contributed by atoms with Crippen LogP contribution in [0.15, 0.2) is 42.6 Å². The number of hydrogen-bond acceptors (Lipinski definition) is 5. The van der Waals surface area contributed by atoms with E-state index >= 15 is 0 Å². The number of benzene rings is 1. The Kier molecular flexibility index (Phi) is 6.35. The lowest BCUT2D eigenvalue weighted by atomic mass is 9.98. The van der Waals surface area contributed by atoms with Crippen molar-refractivity contribution in [2.75, 3.05) is 20.2 Å². The third-order valence-electron chi connectivity index (χ3n) is 6.46. The van der Waals surface area contributed by atoms with Gasteiger partial charge in [0.2, 0.25) is 5.91 Å². The minimum atomic E-state index is -0.828. The summed E-state index contributed by atoms with van der Waals surface area (Å²) in [6.07, 6.45) is 3.60. The second-order valence-corrected chi connectivity index (χ2v) is 9.02. The van der Waals surface area contributed by atoms with Crippen molar-refractivity contribution in [3.63, 3.8) is 0 Å². The summed E-state index contributed by atoms with van der Waals surface area (Å²) < 4.78 is 6.77. The van der Waals surface area contributed by atoms with Crippen molar-refractivity contribution >= 4 is 23.7 Å². The summed E-state index contributed by atoms with van der Waals surface area (Å²) in [5, 5.41) is 0. The van der Waals surface area contributed by atoms with Crippen LogP contribution in [-0.2, 0) is 9.53 Å². The molecule has 2 aromatic rings. The number of methoxy groups -OCH3 is 1. The van der Waals surface area contributed by atoms with E-state index in [0.717, 1.165) is 4.90 Å². The maximum Gasteiger partial charge on any atom is 0.354 e. The van der Waals surface area contributed by atoms with E-state index in [1.54, 1.807) is 35.2 Å². The van der Waals surface area contributed by atoms with E-state index in [1.807, 2.05) is 30.7 Å². The van der Waals surface area contributed by atoms with E-state index in [0.29, 0.717) is 49.2 Å². The van der Waals surface area contributed by atoms with Crippen molar-refractivity contribution in [3.05, 3.63) is 59.4 Å². The van der Waals surface area contributed by atoms with Crippen molar-refractivity contribution in [1.82, 2.24) is 14.4 Å². The quantitative estimate of drug-likeness (QED) is 0.497. The molecule has 3 amide bonds. The summed E-state index contributed by atoms with van der Waals surface area (Å²) in [6, 6.07) is 9.49. The standard InChI is InChI=1S/C25H29N3O5/c1-16(2)15-21(28-22(29)18-7-4-5-8-19(18)23(28)30)24(31)26-13-10-17(11-14-26)27-12-6-9-20(27)25(32)33-3/h4-9,12,16-17,21H,10-11,13-15H2,1-3H3. The monoisotopic (exact) mass is 451 g/mol. The number of rotatable bonds is 6. The maximum absolute atomic E-state index is 13.6. The SMILES string of the molecule is COC(=O)c1cccn1C1CCN(C(=O)C(CC(C)C)N2C(=O)c3ccccc3C2=O)CC1. The van der Waals surface area contributed by atoms with Crippen LogP contribution >= 0.6 is 0 Å². The van der Waals surface area contributed by atoms with Crippen LogP contribution in [0.4, 0.5) is 0 Å². The fourth-order valence-electron chi connectivity index (χ4n) is 4.82. The Morgan fingerprint density at radius 1 is 1.00 bits per heavy atom. The summed E-state index contributed by atoms with van der Waals surface area (Å²) in [5.74, 6) is -1.26. The van der Waals surface area contributed by atoms with Gasteiger partial charge in [-0.1, -0.05) is 26.0 Å². The average molecular weight is 452 g/mol.